The van der Waals surface area contributed by atoms with E-state index in [0.29, 0.717) is 10.0 Å². The summed E-state index contributed by atoms with van der Waals surface area (Å²) in [7, 11) is 0. The topological polar surface area (TPSA) is 20.2 Å². The van der Waals surface area contributed by atoms with E-state index in [0.717, 1.165) is 0 Å². The van der Waals surface area contributed by atoms with Crippen LogP contribution in [0.2, 0.25) is 5.02 Å². The van der Waals surface area contributed by atoms with Gasteiger partial charge in [-0.3, -0.25) is 0 Å². The van der Waals surface area contributed by atoms with E-state index in [1.54, 1.807) is 17.5 Å². The Morgan fingerprint density at radius 3 is 2.75 bits per heavy atom. The highest BCUT2D eigenvalue weighted by Gasteiger charge is 2.18. The standard InChI is InChI=1S/C11H7BrClFOS/c12-8-2-1-7(10(14)9(8)13)11(15)6-3-4-16-5-6/h1-5,11,15H. The molecule has 1 atom stereocenters. The Bertz CT molecular complexity index is 501. The van der Waals surface area contributed by atoms with Gasteiger partial charge >= 0.3 is 0 Å². The largest absolute Gasteiger partial charge is 0.384 e. The molecule has 2 rings (SSSR count). The summed E-state index contributed by atoms with van der Waals surface area (Å²) in [4.78, 5) is 0. The van der Waals surface area contributed by atoms with Crippen LogP contribution in [0.25, 0.3) is 0 Å². The highest BCUT2D eigenvalue weighted by Crippen LogP contribution is 2.33. The van der Waals surface area contributed by atoms with Crippen molar-refractivity contribution in [2.75, 3.05) is 0 Å². The third kappa shape index (κ3) is 2.15. The molecule has 16 heavy (non-hydrogen) atoms. The summed E-state index contributed by atoms with van der Waals surface area (Å²) in [5.74, 6) is -0.588. The first-order valence-corrected chi connectivity index (χ1v) is 6.56. The van der Waals surface area contributed by atoms with Crippen LogP contribution in [0, 0.1) is 5.82 Å². The van der Waals surface area contributed by atoms with Gasteiger partial charge < -0.3 is 5.11 Å². The van der Waals surface area contributed by atoms with Crippen molar-refractivity contribution in [1.82, 2.24) is 0 Å². The average Bonchev–Trinajstić information content (AvgIpc) is 2.79. The fourth-order valence-corrected chi connectivity index (χ4v) is 2.52. The number of hydrogen-bond acceptors (Lipinski definition) is 2. The predicted molar refractivity (Wildman–Crippen MR) is 67.5 cm³/mol. The Morgan fingerprint density at radius 2 is 2.12 bits per heavy atom. The second kappa shape index (κ2) is 4.84. The molecule has 0 saturated heterocycles. The minimum atomic E-state index is -0.975. The van der Waals surface area contributed by atoms with Crippen molar-refractivity contribution in [3.05, 3.63) is 55.4 Å². The Morgan fingerprint density at radius 1 is 1.38 bits per heavy atom. The molecule has 0 fully saturated rings. The molecule has 1 heterocycles. The van der Waals surface area contributed by atoms with Gasteiger partial charge in [0.2, 0.25) is 0 Å². The lowest BCUT2D eigenvalue weighted by molar-refractivity contribution is 0.215. The lowest BCUT2D eigenvalue weighted by Gasteiger charge is -2.11. The summed E-state index contributed by atoms with van der Waals surface area (Å²) >= 11 is 10.3. The molecule has 2 aromatic rings. The lowest BCUT2D eigenvalue weighted by atomic mass is 10.0. The predicted octanol–water partition coefficient (Wildman–Crippen LogP) is 4.38. The average molecular weight is 322 g/mol. The molecule has 0 amide bonds. The minimum Gasteiger partial charge on any atom is -0.384 e. The molecule has 0 aliphatic rings. The molecule has 84 valence electrons. The van der Waals surface area contributed by atoms with Crippen molar-refractivity contribution in [3.8, 4) is 0 Å². The Hall–Kier alpha value is -0.420. The molecule has 1 aromatic carbocycles. The smallest absolute Gasteiger partial charge is 0.149 e. The molecule has 1 unspecified atom stereocenters. The molecule has 0 saturated carbocycles. The van der Waals surface area contributed by atoms with Crippen molar-refractivity contribution in [2.24, 2.45) is 0 Å². The lowest BCUT2D eigenvalue weighted by Crippen LogP contribution is -2.02. The van der Waals surface area contributed by atoms with Gasteiger partial charge in [-0.25, -0.2) is 4.39 Å². The van der Waals surface area contributed by atoms with E-state index >= 15 is 0 Å². The normalized spacial score (nSPS) is 12.8. The SMILES string of the molecule is OC(c1ccsc1)c1ccc(Br)c(Cl)c1F. The van der Waals surface area contributed by atoms with Crippen molar-refractivity contribution in [2.45, 2.75) is 6.10 Å². The highest BCUT2D eigenvalue weighted by atomic mass is 79.9. The van der Waals surface area contributed by atoms with Crippen molar-refractivity contribution in [3.63, 3.8) is 0 Å². The Kier molecular flexibility index (Phi) is 3.64. The number of aliphatic hydroxyl groups excluding tert-OH is 1. The monoisotopic (exact) mass is 320 g/mol. The van der Waals surface area contributed by atoms with Gasteiger partial charge in [-0.2, -0.15) is 11.3 Å². The van der Waals surface area contributed by atoms with Gasteiger partial charge in [-0.1, -0.05) is 17.7 Å². The molecular formula is C11H7BrClFOS. The zero-order chi connectivity index (χ0) is 11.7. The minimum absolute atomic E-state index is 0.00761. The van der Waals surface area contributed by atoms with Gasteiger partial charge in [0, 0.05) is 10.0 Å². The molecule has 1 N–H and O–H groups in total. The third-order valence-electron chi connectivity index (χ3n) is 2.22. The quantitative estimate of drug-likeness (QED) is 0.814. The molecule has 0 aliphatic heterocycles. The second-order valence-electron chi connectivity index (χ2n) is 3.22. The van der Waals surface area contributed by atoms with E-state index < -0.39 is 11.9 Å². The number of rotatable bonds is 2. The summed E-state index contributed by atoms with van der Waals surface area (Å²) in [6, 6.07) is 4.90. The summed E-state index contributed by atoms with van der Waals surface area (Å²) in [6.07, 6.45) is -0.975. The van der Waals surface area contributed by atoms with Crippen LogP contribution in [0.5, 0.6) is 0 Å². The second-order valence-corrected chi connectivity index (χ2v) is 5.24. The summed E-state index contributed by atoms with van der Waals surface area (Å²) in [5.41, 5.74) is 0.855. The molecule has 1 nitrogen and oxygen atoms in total. The first-order chi connectivity index (χ1) is 7.61. The van der Waals surface area contributed by atoms with Gasteiger partial charge in [-0.05, 0) is 44.4 Å². The van der Waals surface area contributed by atoms with Gasteiger partial charge in [0.1, 0.15) is 11.9 Å². The van der Waals surface area contributed by atoms with Crippen LogP contribution in [-0.4, -0.2) is 5.11 Å². The van der Waals surface area contributed by atoms with Crippen LogP contribution in [0.4, 0.5) is 4.39 Å². The molecule has 0 aliphatic carbocycles. The Labute approximate surface area is 110 Å². The van der Waals surface area contributed by atoms with Gasteiger partial charge in [0.05, 0.1) is 5.02 Å². The maximum Gasteiger partial charge on any atom is 0.149 e. The molecule has 5 heteroatoms. The van der Waals surface area contributed by atoms with E-state index in [1.807, 2.05) is 5.38 Å². The number of aliphatic hydroxyl groups is 1. The van der Waals surface area contributed by atoms with Crippen LogP contribution < -0.4 is 0 Å². The summed E-state index contributed by atoms with van der Waals surface area (Å²) in [5, 5.41) is 13.6. The van der Waals surface area contributed by atoms with Crippen LogP contribution in [0.3, 0.4) is 0 Å². The van der Waals surface area contributed by atoms with Crippen LogP contribution >= 0.6 is 38.9 Å². The highest BCUT2D eigenvalue weighted by molar-refractivity contribution is 9.10. The van der Waals surface area contributed by atoms with Gasteiger partial charge in [0.15, 0.2) is 0 Å². The van der Waals surface area contributed by atoms with Crippen molar-refractivity contribution in [1.29, 1.82) is 0 Å². The molecular weight excluding hydrogens is 315 g/mol. The van der Waals surface area contributed by atoms with Crippen LogP contribution in [0.15, 0.2) is 33.4 Å². The molecule has 1 aromatic heterocycles. The van der Waals surface area contributed by atoms with E-state index in [4.69, 9.17) is 11.6 Å². The van der Waals surface area contributed by atoms with E-state index in [9.17, 15) is 9.50 Å². The van der Waals surface area contributed by atoms with Crippen molar-refractivity contribution >= 4 is 38.9 Å². The molecule has 0 spiro atoms. The van der Waals surface area contributed by atoms with Gasteiger partial charge in [0.25, 0.3) is 0 Å². The van der Waals surface area contributed by atoms with Gasteiger partial charge in [-0.15, -0.1) is 0 Å². The number of hydrogen-bond donors (Lipinski definition) is 1. The van der Waals surface area contributed by atoms with E-state index in [1.165, 1.54) is 17.4 Å². The Balaban J connectivity index is 2.45. The van der Waals surface area contributed by atoms with E-state index in [2.05, 4.69) is 15.9 Å². The van der Waals surface area contributed by atoms with Crippen LogP contribution in [-0.2, 0) is 0 Å². The fraction of sp³-hybridized carbons (Fsp3) is 0.0909. The number of benzene rings is 1. The maximum atomic E-state index is 13.8. The summed E-state index contributed by atoms with van der Waals surface area (Å²) in [6.45, 7) is 0. The first kappa shape index (κ1) is 12.0. The van der Waals surface area contributed by atoms with Crippen LogP contribution in [0.1, 0.15) is 17.2 Å². The number of thiophene rings is 1. The molecule has 0 bridgehead atoms. The fourth-order valence-electron chi connectivity index (χ4n) is 1.36. The number of halogens is 3. The maximum absolute atomic E-state index is 13.8. The third-order valence-corrected chi connectivity index (χ3v) is 4.18. The van der Waals surface area contributed by atoms with Crippen molar-refractivity contribution < 1.29 is 9.50 Å². The van der Waals surface area contributed by atoms with E-state index in [-0.39, 0.29) is 10.6 Å². The summed E-state index contributed by atoms with van der Waals surface area (Å²) < 4.78 is 14.3. The molecule has 0 radical (unpaired) electrons. The first-order valence-electron chi connectivity index (χ1n) is 4.45. The zero-order valence-electron chi connectivity index (χ0n) is 7.95. The zero-order valence-corrected chi connectivity index (χ0v) is 11.1.